The predicted molar refractivity (Wildman–Crippen MR) is 53.0 cm³/mol. The molecule has 0 radical (unpaired) electrons. The Morgan fingerprint density at radius 2 is 2.29 bits per heavy atom. The molecule has 3 aliphatic rings. The van der Waals surface area contributed by atoms with Crippen molar-refractivity contribution in [3.8, 4) is 0 Å². The third-order valence-electron chi connectivity index (χ3n) is 4.15. The third kappa shape index (κ3) is 1.47. The molecule has 0 spiro atoms. The molecule has 0 aromatic carbocycles. The molecule has 14 heavy (non-hydrogen) atoms. The van der Waals surface area contributed by atoms with E-state index in [2.05, 4.69) is 4.90 Å². The van der Waals surface area contributed by atoms with Crippen molar-refractivity contribution >= 4 is 0 Å². The van der Waals surface area contributed by atoms with E-state index in [4.69, 9.17) is 9.84 Å². The zero-order chi connectivity index (χ0) is 9.54. The van der Waals surface area contributed by atoms with Crippen molar-refractivity contribution in [2.75, 3.05) is 26.3 Å². The molecular formula is C11H19NO2. The second kappa shape index (κ2) is 3.47. The van der Waals surface area contributed by atoms with Crippen molar-refractivity contribution in [2.24, 2.45) is 11.8 Å². The SMILES string of the molecule is OCC1CN(C2CCC3CC32)CCO1. The smallest absolute Gasteiger partial charge is 0.0932 e. The number of aliphatic hydroxyl groups excluding tert-OH is 1. The number of hydrogen-bond acceptors (Lipinski definition) is 3. The van der Waals surface area contributed by atoms with Crippen LogP contribution in [0.2, 0.25) is 0 Å². The summed E-state index contributed by atoms with van der Waals surface area (Å²) in [6, 6.07) is 0.818. The highest BCUT2D eigenvalue weighted by Gasteiger charge is 2.50. The van der Waals surface area contributed by atoms with Gasteiger partial charge in [-0.15, -0.1) is 0 Å². The Bertz CT molecular complexity index is 221. The number of fused-ring (bicyclic) bond motifs is 1. The first kappa shape index (κ1) is 9.13. The summed E-state index contributed by atoms with van der Waals surface area (Å²) < 4.78 is 5.47. The van der Waals surface area contributed by atoms with Crippen LogP contribution in [0, 0.1) is 11.8 Å². The average Bonchev–Trinajstić information content (AvgIpc) is 2.90. The van der Waals surface area contributed by atoms with Crippen LogP contribution in [0.15, 0.2) is 0 Å². The lowest BCUT2D eigenvalue weighted by atomic mass is 10.1. The van der Waals surface area contributed by atoms with Gasteiger partial charge in [0.15, 0.2) is 0 Å². The lowest BCUT2D eigenvalue weighted by Gasteiger charge is -2.36. The standard InChI is InChI=1S/C11H19NO2/c13-7-9-6-12(3-4-14-9)11-2-1-8-5-10(8)11/h8-11,13H,1-7H2. The Morgan fingerprint density at radius 1 is 1.36 bits per heavy atom. The Hall–Kier alpha value is -0.120. The van der Waals surface area contributed by atoms with Gasteiger partial charge in [0.05, 0.1) is 19.3 Å². The molecule has 3 heteroatoms. The summed E-state index contributed by atoms with van der Waals surface area (Å²) in [7, 11) is 0. The highest BCUT2D eigenvalue weighted by atomic mass is 16.5. The van der Waals surface area contributed by atoms with Crippen molar-refractivity contribution in [1.82, 2.24) is 4.90 Å². The van der Waals surface area contributed by atoms with Crippen molar-refractivity contribution < 1.29 is 9.84 Å². The summed E-state index contributed by atoms with van der Waals surface area (Å²) in [4.78, 5) is 2.56. The fourth-order valence-corrected chi connectivity index (χ4v) is 3.28. The summed E-state index contributed by atoms with van der Waals surface area (Å²) in [5.41, 5.74) is 0. The van der Waals surface area contributed by atoms with Crippen LogP contribution in [0.4, 0.5) is 0 Å². The number of aliphatic hydroxyl groups is 1. The largest absolute Gasteiger partial charge is 0.394 e. The fourth-order valence-electron chi connectivity index (χ4n) is 3.28. The molecule has 4 unspecified atom stereocenters. The molecule has 3 rings (SSSR count). The molecule has 80 valence electrons. The molecule has 0 bridgehead atoms. The van der Waals surface area contributed by atoms with E-state index in [9.17, 15) is 0 Å². The van der Waals surface area contributed by atoms with E-state index >= 15 is 0 Å². The van der Waals surface area contributed by atoms with Gasteiger partial charge in [0.2, 0.25) is 0 Å². The van der Waals surface area contributed by atoms with E-state index in [0.717, 1.165) is 37.6 Å². The Kier molecular flexibility index (Phi) is 2.26. The average molecular weight is 197 g/mol. The summed E-state index contributed by atoms with van der Waals surface area (Å²) >= 11 is 0. The van der Waals surface area contributed by atoms with Crippen molar-refractivity contribution in [3.05, 3.63) is 0 Å². The molecule has 1 N–H and O–H groups in total. The van der Waals surface area contributed by atoms with Crippen LogP contribution in [-0.2, 0) is 4.74 Å². The predicted octanol–water partition coefficient (Wildman–Crippen LogP) is 0.478. The number of hydrogen-bond donors (Lipinski definition) is 1. The van der Waals surface area contributed by atoms with Gasteiger partial charge in [-0.05, 0) is 31.1 Å². The molecule has 0 aromatic rings. The highest BCUT2D eigenvalue weighted by molar-refractivity contribution is 5.02. The second-order valence-electron chi connectivity index (χ2n) is 4.97. The Labute approximate surface area is 85.0 Å². The van der Waals surface area contributed by atoms with E-state index in [0.29, 0.717) is 0 Å². The van der Waals surface area contributed by atoms with Crippen molar-refractivity contribution in [2.45, 2.75) is 31.4 Å². The van der Waals surface area contributed by atoms with E-state index in [1.807, 2.05) is 0 Å². The molecule has 3 nitrogen and oxygen atoms in total. The minimum Gasteiger partial charge on any atom is -0.394 e. The van der Waals surface area contributed by atoms with Crippen LogP contribution < -0.4 is 0 Å². The molecule has 1 aliphatic heterocycles. The molecule has 3 fully saturated rings. The topological polar surface area (TPSA) is 32.7 Å². The molecule has 1 heterocycles. The first-order valence-corrected chi connectivity index (χ1v) is 5.85. The first-order valence-electron chi connectivity index (χ1n) is 5.85. The Morgan fingerprint density at radius 3 is 2.93 bits per heavy atom. The lowest BCUT2D eigenvalue weighted by molar-refractivity contribution is -0.0663. The Balaban J connectivity index is 1.61. The molecule has 0 aromatic heterocycles. The summed E-state index contributed by atoms with van der Waals surface area (Å²) in [6.45, 7) is 3.01. The van der Waals surface area contributed by atoms with E-state index in [1.165, 1.54) is 19.3 Å². The van der Waals surface area contributed by atoms with Crippen LogP contribution in [0.5, 0.6) is 0 Å². The zero-order valence-corrected chi connectivity index (χ0v) is 8.56. The monoisotopic (exact) mass is 197 g/mol. The minimum absolute atomic E-state index is 0.0709. The van der Waals surface area contributed by atoms with Gasteiger partial charge >= 0.3 is 0 Å². The number of ether oxygens (including phenoxy) is 1. The molecule has 2 aliphatic carbocycles. The van der Waals surface area contributed by atoms with Crippen LogP contribution in [0.3, 0.4) is 0 Å². The maximum Gasteiger partial charge on any atom is 0.0932 e. The van der Waals surface area contributed by atoms with Gasteiger partial charge < -0.3 is 9.84 Å². The van der Waals surface area contributed by atoms with Gasteiger partial charge in [0, 0.05) is 19.1 Å². The van der Waals surface area contributed by atoms with Gasteiger partial charge in [0.1, 0.15) is 0 Å². The molecule has 1 saturated heterocycles. The van der Waals surface area contributed by atoms with Crippen LogP contribution in [0.25, 0.3) is 0 Å². The van der Waals surface area contributed by atoms with Gasteiger partial charge in [-0.2, -0.15) is 0 Å². The normalized spacial score (nSPS) is 47.8. The van der Waals surface area contributed by atoms with Crippen molar-refractivity contribution in [3.63, 3.8) is 0 Å². The second-order valence-corrected chi connectivity index (χ2v) is 4.97. The summed E-state index contributed by atoms with van der Waals surface area (Å²) in [5, 5.41) is 9.08. The maximum absolute atomic E-state index is 9.08. The quantitative estimate of drug-likeness (QED) is 0.699. The first-order chi connectivity index (χ1) is 6.88. The van der Waals surface area contributed by atoms with Crippen LogP contribution >= 0.6 is 0 Å². The van der Waals surface area contributed by atoms with Gasteiger partial charge in [-0.1, -0.05) is 0 Å². The zero-order valence-electron chi connectivity index (χ0n) is 8.56. The highest BCUT2D eigenvalue weighted by Crippen LogP contribution is 2.53. The molecular weight excluding hydrogens is 178 g/mol. The van der Waals surface area contributed by atoms with Gasteiger partial charge in [0.25, 0.3) is 0 Å². The fraction of sp³-hybridized carbons (Fsp3) is 1.00. The van der Waals surface area contributed by atoms with E-state index in [-0.39, 0.29) is 12.7 Å². The summed E-state index contributed by atoms with van der Waals surface area (Å²) in [5.74, 6) is 2.04. The van der Waals surface area contributed by atoms with Gasteiger partial charge in [-0.3, -0.25) is 4.90 Å². The lowest BCUT2D eigenvalue weighted by Crippen LogP contribution is -2.49. The third-order valence-corrected chi connectivity index (χ3v) is 4.15. The summed E-state index contributed by atoms with van der Waals surface area (Å²) in [6.07, 6.45) is 4.36. The van der Waals surface area contributed by atoms with E-state index in [1.54, 1.807) is 0 Å². The molecule has 0 amide bonds. The number of morpholine rings is 1. The molecule has 4 atom stereocenters. The van der Waals surface area contributed by atoms with Crippen LogP contribution in [-0.4, -0.2) is 48.5 Å². The van der Waals surface area contributed by atoms with Crippen molar-refractivity contribution in [1.29, 1.82) is 0 Å². The number of rotatable bonds is 2. The van der Waals surface area contributed by atoms with E-state index < -0.39 is 0 Å². The number of nitrogens with zero attached hydrogens (tertiary/aromatic N) is 1. The molecule has 2 saturated carbocycles. The van der Waals surface area contributed by atoms with Crippen LogP contribution in [0.1, 0.15) is 19.3 Å². The maximum atomic E-state index is 9.08. The minimum atomic E-state index is 0.0709. The van der Waals surface area contributed by atoms with Gasteiger partial charge in [-0.25, -0.2) is 0 Å².